The zero-order chi connectivity index (χ0) is 17.5. The van der Waals surface area contributed by atoms with E-state index in [0.717, 1.165) is 15.8 Å². The Bertz CT molecular complexity index is 704. The fourth-order valence-corrected chi connectivity index (χ4v) is 2.51. The van der Waals surface area contributed by atoms with Crippen LogP contribution in [-0.2, 0) is 4.79 Å². The van der Waals surface area contributed by atoms with E-state index in [1.165, 1.54) is 0 Å². The lowest BCUT2D eigenvalue weighted by Gasteiger charge is -2.12. The molecule has 0 fully saturated rings. The summed E-state index contributed by atoms with van der Waals surface area (Å²) in [6, 6.07) is 11.1. The number of hydrogen-bond donors (Lipinski definition) is 1. The summed E-state index contributed by atoms with van der Waals surface area (Å²) >= 11 is 9.43. The zero-order valence-corrected chi connectivity index (χ0v) is 15.9. The van der Waals surface area contributed by atoms with Gasteiger partial charge in [-0.2, -0.15) is 0 Å². The van der Waals surface area contributed by atoms with Crippen molar-refractivity contribution < 1.29 is 14.3 Å². The summed E-state index contributed by atoms with van der Waals surface area (Å²) in [5.74, 6) is 1.24. The van der Waals surface area contributed by atoms with E-state index in [1.54, 1.807) is 19.2 Å². The lowest BCUT2D eigenvalue weighted by molar-refractivity contribution is -0.116. The maximum Gasteiger partial charge on any atom is 0.224 e. The van der Waals surface area contributed by atoms with E-state index in [4.69, 9.17) is 21.1 Å². The first kappa shape index (κ1) is 18.6. The molecule has 0 atom stereocenters. The molecule has 0 aliphatic rings. The highest BCUT2D eigenvalue weighted by Crippen LogP contribution is 2.31. The Morgan fingerprint density at radius 3 is 2.62 bits per heavy atom. The molecule has 128 valence electrons. The zero-order valence-electron chi connectivity index (χ0n) is 13.6. The molecule has 1 N–H and O–H groups in total. The van der Waals surface area contributed by atoms with Crippen molar-refractivity contribution in [2.75, 3.05) is 19.0 Å². The van der Waals surface area contributed by atoms with Gasteiger partial charge in [0.1, 0.15) is 11.5 Å². The van der Waals surface area contributed by atoms with Crippen LogP contribution in [0.25, 0.3) is 0 Å². The fraction of sp³-hybridized carbons (Fsp3) is 0.278. The van der Waals surface area contributed by atoms with Crippen molar-refractivity contribution in [1.82, 2.24) is 0 Å². The number of rotatable bonds is 7. The van der Waals surface area contributed by atoms with Crippen LogP contribution >= 0.6 is 27.5 Å². The summed E-state index contributed by atoms with van der Waals surface area (Å²) in [6.45, 7) is 2.36. The van der Waals surface area contributed by atoms with Crippen molar-refractivity contribution in [3.8, 4) is 11.5 Å². The number of benzene rings is 2. The number of hydrogen-bond acceptors (Lipinski definition) is 3. The quantitative estimate of drug-likeness (QED) is 0.634. The monoisotopic (exact) mass is 411 g/mol. The minimum Gasteiger partial charge on any atom is -0.495 e. The molecule has 0 aliphatic carbocycles. The van der Waals surface area contributed by atoms with Crippen molar-refractivity contribution in [2.24, 2.45) is 0 Å². The van der Waals surface area contributed by atoms with Crippen LogP contribution in [0.5, 0.6) is 11.5 Å². The van der Waals surface area contributed by atoms with Crippen molar-refractivity contribution in [3.63, 3.8) is 0 Å². The van der Waals surface area contributed by atoms with Crippen molar-refractivity contribution in [1.29, 1.82) is 0 Å². The molecule has 2 aromatic rings. The Morgan fingerprint density at radius 2 is 1.96 bits per heavy atom. The molecular formula is C18H19BrClNO3. The van der Waals surface area contributed by atoms with E-state index in [9.17, 15) is 4.79 Å². The highest BCUT2D eigenvalue weighted by Gasteiger charge is 2.10. The van der Waals surface area contributed by atoms with Crippen LogP contribution in [0.1, 0.15) is 18.4 Å². The lowest BCUT2D eigenvalue weighted by atomic mass is 10.2. The molecule has 0 unspecified atom stereocenters. The van der Waals surface area contributed by atoms with E-state index in [0.29, 0.717) is 35.9 Å². The van der Waals surface area contributed by atoms with Crippen LogP contribution in [0, 0.1) is 6.92 Å². The third-order valence-electron chi connectivity index (χ3n) is 3.39. The van der Waals surface area contributed by atoms with Crippen LogP contribution < -0.4 is 14.8 Å². The van der Waals surface area contributed by atoms with E-state index in [2.05, 4.69) is 21.2 Å². The van der Waals surface area contributed by atoms with E-state index in [1.807, 2.05) is 31.2 Å². The SMILES string of the molecule is COc1cc(Cl)c(C)cc1NC(=O)CCCOc1ccc(Br)cc1. The summed E-state index contributed by atoms with van der Waals surface area (Å²) in [5.41, 5.74) is 1.50. The van der Waals surface area contributed by atoms with Gasteiger partial charge in [-0.15, -0.1) is 0 Å². The van der Waals surface area contributed by atoms with Crippen molar-refractivity contribution in [3.05, 3.63) is 51.5 Å². The van der Waals surface area contributed by atoms with E-state index in [-0.39, 0.29) is 5.91 Å². The summed E-state index contributed by atoms with van der Waals surface area (Å²) < 4.78 is 11.8. The third-order valence-corrected chi connectivity index (χ3v) is 4.32. The summed E-state index contributed by atoms with van der Waals surface area (Å²) in [4.78, 5) is 12.1. The number of aryl methyl sites for hydroxylation is 1. The second-order valence-electron chi connectivity index (χ2n) is 5.26. The van der Waals surface area contributed by atoms with Gasteiger partial charge in [-0.05, 0) is 49.2 Å². The molecule has 4 nitrogen and oxygen atoms in total. The highest BCUT2D eigenvalue weighted by atomic mass is 79.9. The smallest absolute Gasteiger partial charge is 0.224 e. The van der Waals surface area contributed by atoms with Gasteiger partial charge in [-0.25, -0.2) is 0 Å². The maximum absolute atomic E-state index is 12.1. The summed E-state index contributed by atoms with van der Waals surface area (Å²) in [7, 11) is 1.54. The first-order valence-corrected chi connectivity index (χ1v) is 8.69. The van der Waals surface area contributed by atoms with Gasteiger partial charge in [0.2, 0.25) is 5.91 Å². The Morgan fingerprint density at radius 1 is 1.25 bits per heavy atom. The molecule has 0 aliphatic heterocycles. The number of carbonyl (C=O) groups is 1. The minimum absolute atomic E-state index is 0.0885. The van der Waals surface area contributed by atoms with Crippen LogP contribution in [-0.4, -0.2) is 19.6 Å². The molecule has 0 spiro atoms. The van der Waals surface area contributed by atoms with Crippen molar-refractivity contribution >= 4 is 39.1 Å². The molecular weight excluding hydrogens is 394 g/mol. The number of amides is 1. The first-order valence-electron chi connectivity index (χ1n) is 7.52. The van der Waals surface area contributed by atoms with E-state index >= 15 is 0 Å². The predicted molar refractivity (Wildman–Crippen MR) is 100 cm³/mol. The van der Waals surface area contributed by atoms with Gasteiger partial charge in [0.05, 0.1) is 19.4 Å². The molecule has 6 heteroatoms. The van der Waals surface area contributed by atoms with Crippen LogP contribution in [0.4, 0.5) is 5.69 Å². The molecule has 0 aromatic heterocycles. The first-order chi connectivity index (χ1) is 11.5. The van der Waals surface area contributed by atoms with E-state index < -0.39 is 0 Å². The van der Waals surface area contributed by atoms with Gasteiger partial charge in [0, 0.05) is 22.0 Å². The van der Waals surface area contributed by atoms with Crippen molar-refractivity contribution in [2.45, 2.75) is 19.8 Å². The standard InChI is InChI=1S/C18H19BrClNO3/c1-12-10-16(17(23-2)11-15(12)20)21-18(22)4-3-9-24-14-7-5-13(19)6-8-14/h5-8,10-11H,3-4,9H2,1-2H3,(H,21,22). The molecule has 1 amide bonds. The Balaban J connectivity index is 1.81. The number of halogens is 2. The molecule has 24 heavy (non-hydrogen) atoms. The van der Waals surface area contributed by atoms with Gasteiger partial charge >= 0.3 is 0 Å². The Hall–Kier alpha value is -1.72. The molecule has 0 saturated carbocycles. The Labute approximate surface area is 155 Å². The summed E-state index contributed by atoms with van der Waals surface area (Å²) in [6.07, 6.45) is 0.984. The van der Waals surface area contributed by atoms with Crippen LogP contribution in [0.2, 0.25) is 5.02 Å². The summed E-state index contributed by atoms with van der Waals surface area (Å²) in [5, 5.41) is 3.46. The van der Waals surface area contributed by atoms with Gasteiger partial charge < -0.3 is 14.8 Å². The van der Waals surface area contributed by atoms with Gasteiger partial charge in [0.25, 0.3) is 0 Å². The molecule has 0 heterocycles. The van der Waals surface area contributed by atoms with Gasteiger partial charge in [-0.1, -0.05) is 27.5 Å². The predicted octanol–water partition coefficient (Wildman–Crippen LogP) is 5.22. The second-order valence-corrected chi connectivity index (χ2v) is 6.58. The number of carbonyl (C=O) groups excluding carboxylic acids is 1. The average Bonchev–Trinajstić information content (AvgIpc) is 2.56. The van der Waals surface area contributed by atoms with Crippen LogP contribution in [0.15, 0.2) is 40.9 Å². The third kappa shape index (κ3) is 5.42. The largest absolute Gasteiger partial charge is 0.495 e. The molecule has 2 rings (SSSR count). The molecule has 2 aromatic carbocycles. The van der Waals surface area contributed by atoms with Crippen LogP contribution in [0.3, 0.4) is 0 Å². The fourth-order valence-electron chi connectivity index (χ4n) is 2.10. The molecule has 0 radical (unpaired) electrons. The second kappa shape index (κ2) is 8.94. The number of ether oxygens (including phenoxy) is 2. The van der Waals surface area contributed by atoms with Gasteiger partial charge in [0.15, 0.2) is 0 Å². The normalized spacial score (nSPS) is 10.3. The lowest BCUT2D eigenvalue weighted by Crippen LogP contribution is -2.13. The maximum atomic E-state index is 12.1. The minimum atomic E-state index is -0.0885. The Kier molecular flexibility index (Phi) is 6.94. The average molecular weight is 413 g/mol. The molecule has 0 saturated heterocycles. The topological polar surface area (TPSA) is 47.6 Å². The number of nitrogens with one attached hydrogen (secondary N) is 1. The molecule has 0 bridgehead atoms. The number of methoxy groups -OCH3 is 1. The number of anilines is 1. The highest BCUT2D eigenvalue weighted by molar-refractivity contribution is 9.10. The van der Waals surface area contributed by atoms with Gasteiger partial charge in [-0.3, -0.25) is 4.79 Å².